The molecule has 2 N–H and O–H groups in total. The second kappa shape index (κ2) is 7.74. The quantitative estimate of drug-likeness (QED) is 0.439. The first-order chi connectivity index (χ1) is 16.0. The third kappa shape index (κ3) is 3.36. The molecule has 6 rings (SSSR count). The smallest absolute Gasteiger partial charge is 0.257 e. The maximum absolute atomic E-state index is 15.2. The number of hydrogen-bond donors (Lipinski definition) is 1. The number of aryl methyl sites for hydroxylation is 1. The number of rotatable bonds is 2. The van der Waals surface area contributed by atoms with Gasteiger partial charge in [0, 0.05) is 23.6 Å². The van der Waals surface area contributed by atoms with Gasteiger partial charge in [0.2, 0.25) is 0 Å². The zero-order valence-corrected chi connectivity index (χ0v) is 19.0. The van der Waals surface area contributed by atoms with E-state index in [1.807, 2.05) is 24.0 Å². The number of anilines is 1. The Bertz CT molecular complexity index is 1430. The van der Waals surface area contributed by atoms with Crippen LogP contribution in [-0.2, 0) is 18.0 Å². The highest BCUT2D eigenvalue weighted by Gasteiger charge is 2.31. The number of nitrogens with two attached hydrogens (primary N) is 1. The van der Waals surface area contributed by atoms with E-state index in [4.69, 9.17) is 10.5 Å². The summed E-state index contributed by atoms with van der Waals surface area (Å²) in [5, 5.41) is 1.75. The molecule has 0 bridgehead atoms. The molecule has 33 heavy (non-hydrogen) atoms. The number of hydrogen-bond acceptors (Lipinski definition) is 6. The van der Waals surface area contributed by atoms with E-state index >= 15 is 4.39 Å². The third-order valence-corrected chi connectivity index (χ3v) is 7.65. The van der Waals surface area contributed by atoms with Gasteiger partial charge in [0.05, 0.1) is 45.6 Å². The molecule has 8 heteroatoms. The second-order valence-electron chi connectivity index (χ2n) is 8.77. The van der Waals surface area contributed by atoms with E-state index in [2.05, 4.69) is 16.0 Å². The van der Waals surface area contributed by atoms with Crippen LogP contribution in [0.15, 0.2) is 30.3 Å². The van der Waals surface area contributed by atoms with E-state index in [1.54, 1.807) is 17.4 Å². The number of nitrogen functional groups attached to an aromatic ring is 1. The number of aromatic nitrogens is 2. The predicted molar refractivity (Wildman–Crippen MR) is 127 cm³/mol. The topological polar surface area (TPSA) is 81.3 Å². The van der Waals surface area contributed by atoms with E-state index < -0.39 is 5.82 Å². The molecule has 0 spiro atoms. The van der Waals surface area contributed by atoms with Gasteiger partial charge in [-0.2, -0.15) is 0 Å². The fraction of sp³-hybridized carbons (Fsp3) is 0.320. The van der Waals surface area contributed by atoms with Crippen molar-refractivity contribution in [2.24, 2.45) is 0 Å². The van der Waals surface area contributed by atoms with Gasteiger partial charge in [0.1, 0.15) is 11.6 Å². The fourth-order valence-corrected chi connectivity index (χ4v) is 5.97. The van der Waals surface area contributed by atoms with Crippen molar-refractivity contribution < 1.29 is 13.9 Å². The van der Waals surface area contributed by atoms with Crippen LogP contribution >= 0.6 is 11.3 Å². The summed E-state index contributed by atoms with van der Waals surface area (Å²) in [7, 11) is 0. The van der Waals surface area contributed by atoms with Crippen LogP contribution in [0.25, 0.3) is 21.1 Å². The molecule has 2 aromatic heterocycles. The lowest BCUT2D eigenvalue weighted by molar-refractivity contribution is 0.0607. The summed E-state index contributed by atoms with van der Waals surface area (Å²) in [5.74, 6) is -0.501. The minimum atomic E-state index is -0.573. The van der Waals surface area contributed by atoms with Gasteiger partial charge in [0.25, 0.3) is 5.91 Å². The lowest BCUT2D eigenvalue weighted by atomic mass is 9.93. The molecule has 1 fully saturated rings. The second-order valence-corrected chi connectivity index (χ2v) is 10.0. The molecule has 0 aliphatic carbocycles. The van der Waals surface area contributed by atoms with Gasteiger partial charge >= 0.3 is 0 Å². The summed E-state index contributed by atoms with van der Waals surface area (Å²) in [5.41, 5.74) is 10.3. The largest absolute Gasteiger partial charge is 0.383 e. The van der Waals surface area contributed by atoms with E-state index in [0.717, 1.165) is 56.6 Å². The molecule has 2 aliphatic rings. The van der Waals surface area contributed by atoms with Crippen LogP contribution in [0.4, 0.5) is 10.2 Å². The molecule has 0 radical (unpaired) electrons. The third-order valence-electron chi connectivity index (χ3n) is 6.72. The molecule has 0 saturated carbocycles. The number of carbonyl (C=O) groups is 1. The molecule has 2 aliphatic heterocycles. The van der Waals surface area contributed by atoms with Crippen molar-refractivity contribution in [2.45, 2.75) is 45.4 Å². The zero-order chi connectivity index (χ0) is 22.7. The van der Waals surface area contributed by atoms with Gasteiger partial charge in [0.15, 0.2) is 0 Å². The standard InChI is InChI=1S/C25H23FN4O2S/c1-13-28-20-6-5-14(8-23(20)33-13)22-4-2-3-7-30(22)25(31)16-9-15-17-11-32-12-18(17)24(27)29-21(15)10-19(16)26/h5-6,8-10,22H,2-4,7,11-12H2,1H3,(H2,27,29). The molecular formula is C25H23FN4O2S. The van der Waals surface area contributed by atoms with Crippen LogP contribution in [0.1, 0.15) is 57.4 Å². The van der Waals surface area contributed by atoms with Crippen molar-refractivity contribution >= 4 is 44.2 Å². The lowest BCUT2D eigenvalue weighted by Gasteiger charge is -2.36. The summed E-state index contributed by atoms with van der Waals surface area (Å²) in [6.45, 7) is 3.37. The number of ether oxygens (including phenoxy) is 1. The highest BCUT2D eigenvalue weighted by atomic mass is 32.1. The average Bonchev–Trinajstić information content (AvgIpc) is 3.44. The first-order valence-electron chi connectivity index (χ1n) is 11.2. The van der Waals surface area contributed by atoms with Crippen molar-refractivity contribution in [2.75, 3.05) is 12.3 Å². The highest BCUT2D eigenvalue weighted by molar-refractivity contribution is 7.18. The van der Waals surface area contributed by atoms with E-state index in [0.29, 0.717) is 31.1 Å². The van der Waals surface area contributed by atoms with Crippen molar-refractivity contribution in [1.82, 2.24) is 14.9 Å². The minimum absolute atomic E-state index is 0.0739. The summed E-state index contributed by atoms with van der Waals surface area (Å²) in [6.07, 6.45) is 2.79. The van der Waals surface area contributed by atoms with E-state index in [-0.39, 0.29) is 17.5 Å². The van der Waals surface area contributed by atoms with Gasteiger partial charge in [-0.1, -0.05) is 6.07 Å². The first kappa shape index (κ1) is 20.5. The SMILES string of the molecule is Cc1nc2ccc(C3CCCCN3C(=O)c3cc4c5c(c(N)nc4cc3F)COC5)cc2s1. The monoisotopic (exact) mass is 462 g/mol. The summed E-state index contributed by atoms with van der Waals surface area (Å²) in [4.78, 5) is 24.4. The number of piperidine rings is 1. The van der Waals surface area contributed by atoms with Gasteiger partial charge < -0.3 is 15.4 Å². The maximum Gasteiger partial charge on any atom is 0.257 e. The number of halogens is 1. The number of amides is 1. The molecule has 4 heterocycles. The van der Waals surface area contributed by atoms with Crippen molar-refractivity contribution in [3.63, 3.8) is 0 Å². The maximum atomic E-state index is 15.2. The Labute approximate surface area is 194 Å². The van der Waals surface area contributed by atoms with Crippen LogP contribution in [0.3, 0.4) is 0 Å². The Balaban J connectivity index is 1.41. The molecule has 1 saturated heterocycles. The number of likely N-dealkylation sites (tertiary alicyclic amines) is 1. The molecule has 1 amide bonds. The van der Waals surface area contributed by atoms with Gasteiger partial charge in [-0.3, -0.25) is 4.79 Å². The van der Waals surface area contributed by atoms with Crippen LogP contribution in [0, 0.1) is 12.7 Å². The van der Waals surface area contributed by atoms with Crippen molar-refractivity contribution in [3.05, 3.63) is 63.4 Å². The Hall–Kier alpha value is -3.10. The molecule has 2 aromatic carbocycles. The van der Waals surface area contributed by atoms with Crippen LogP contribution in [0.2, 0.25) is 0 Å². The number of fused-ring (bicyclic) bond motifs is 4. The Morgan fingerprint density at radius 3 is 2.88 bits per heavy atom. The predicted octanol–water partition coefficient (Wildman–Crippen LogP) is 5.27. The van der Waals surface area contributed by atoms with Gasteiger partial charge in [-0.05, 0) is 55.5 Å². The summed E-state index contributed by atoms with van der Waals surface area (Å²) < 4.78 is 21.8. The molecular weight excluding hydrogens is 439 g/mol. The Morgan fingerprint density at radius 2 is 2.00 bits per heavy atom. The number of benzene rings is 2. The minimum Gasteiger partial charge on any atom is -0.383 e. The fourth-order valence-electron chi connectivity index (χ4n) is 5.10. The molecule has 168 valence electrons. The zero-order valence-electron chi connectivity index (χ0n) is 18.2. The first-order valence-corrected chi connectivity index (χ1v) is 12.0. The van der Waals surface area contributed by atoms with E-state index in [1.165, 1.54) is 6.07 Å². The summed E-state index contributed by atoms with van der Waals surface area (Å²) in [6, 6.07) is 9.06. The number of carbonyl (C=O) groups excluding carboxylic acids is 1. The van der Waals surface area contributed by atoms with Gasteiger partial charge in [-0.15, -0.1) is 11.3 Å². The van der Waals surface area contributed by atoms with Crippen LogP contribution < -0.4 is 5.73 Å². The average molecular weight is 463 g/mol. The van der Waals surface area contributed by atoms with Crippen LogP contribution in [-0.4, -0.2) is 27.3 Å². The molecule has 1 unspecified atom stereocenters. The molecule has 4 aromatic rings. The Kier molecular flexibility index (Phi) is 4.81. The number of pyridine rings is 1. The van der Waals surface area contributed by atoms with Gasteiger partial charge in [-0.25, -0.2) is 14.4 Å². The normalized spacial score (nSPS) is 18.2. The molecule has 1 atom stereocenters. The lowest BCUT2D eigenvalue weighted by Crippen LogP contribution is -2.38. The number of nitrogens with zero attached hydrogens (tertiary/aromatic N) is 3. The summed E-state index contributed by atoms with van der Waals surface area (Å²) >= 11 is 1.65. The highest BCUT2D eigenvalue weighted by Crippen LogP contribution is 2.37. The number of thiazole rings is 1. The Morgan fingerprint density at radius 1 is 1.15 bits per heavy atom. The van der Waals surface area contributed by atoms with Crippen molar-refractivity contribution in [3.8, 4) is 0 Å². The molecule has 6 nitrogen and oxygen atoms in total. The van der Waals surface area contributed by atoms with Crippen LogP contribution in [0.5, 0.6) is 0 Å². The van der Waals surface area contributed by atoms with E-state index in [9.17, 15) is 4.79 Å². The van der Waals surface area contributed by atoms with Crippen molar-refractivity contribution in [1.29, 1.82) is 0 Å².